The molecule has 1 atom stereocenters. The summed E-state index contributed by atoms with van der Waals surface area (Å²) in [6.07, 6.45) is 3.21. The average Bonchev–Trinajstić information content (AvgIpc) is 2.59. The van der Waals surface area contributed by atoms with Crippen molar-refractivity contribution in [3.05, 3.63) is 70.7 Å². The maximum absolute atomic E-state index is 13.3. The minimum Gasteiger partial charge on any atom is -0.294 e. The van der Waals surface area contributed by atoms with Crippen LogP contribution in [-0.2, 0) is 9.59 Å². The van der Waals surface area contributed by atoms with E-state index in [1.807, 2.05) is 44.2 Å². The van der Waals surface area contributed by atoms with Crippen LogP contribution in [0.5, 0.6) is 0 Å². The zero-order chi connectivity index (χ0) is 20.1. The minimum absolute atomic E-state index is 0.0323. The van der Waals surface area contributed by atoms with Crippen molar-refractivity contribution in [1.29, 1.82) is 0 Å². The first-order valence-electron chi connectivity index (χ1n) is 9.83. The standard InChI is InChI=1S/C24H26N2O2/c1-15-9-16(2)11-17(10-15)26-20-13-24(3,4)14-21(27)23(20)18(12-22(26)28)19-7-5-6-8-25-19/h5-11,18H,12-14H2,1-4H3. The third kappa shape index (κ3) is 3.28. The van der Waals surface area contributed by atoms with E-state index in [9.17, 15) is 9.59 Å². The number of nitrogens with zero attached hydrogens (tertiary/aromatic N) is 2. The summed E-state index contributed by atoms with van der Waals surface area (Å²) in [7, 11) is 0. The second-order valence-corrected chi connectivity index (χ2v) is 8.89. The van der Waals surface area contributed by atoms with Gasteiger partial charge in [0.2, 0.25) is 5.91 Å². The Morgan fingerprint density at radius 1 is 1.04 bits per heavy atom. The quantitative estimate of drug-likeness (QED) is 0.754. The molecule has 0 N–H and O–H groups in total. The number of benzene rings is 1. The number of hydrogen-bond acceptors (Lipinski definition) is 3. The molecule has 0 fully saturated rings. The highest BCUT2D eigenvalue weighted by Crippen LogP contribution is 2.47. The Labute approximate surface area is 166 Å². The lowest BCUT2D eigenvalue weighted by molar-refractivity contribution is -0.121. The molecule has 1 amide bonds. The first-order chi connectivity index (χ1) is 13.2. The Morgan fingerprint density at radius 2 is 1.75 bits per heavy atom. The molecule has 0 saturated carbocycles. The highest BCUT2D eigenvalue weighted by molar-refractivity contribution is 6.07. The largest absolute Gasteiger partial charge is 0.294 e. The van der Waals surface area contributed by atoms with Crippen molar-refractivity contribution in [2.24, 2.45) is 5.41 Å². The molecule has 4 nitrogen and oxygen atoms in total. The van der Waals surface area contributed by atoms with Crippen molar-refractivity contribution in [3.63, 3.8) is 0 Å². The van der Waals surface area contributed by atoms with Gasteiger partial charge in [-0.25, -0.2) is 0 Å². The van der Waals surface area contributed by atoms with Gasteiger partial charge in [-0.1, -0.05) is 26.0 Å². The molecule has 1 aromatic carbocycles. The van der Waals surface area contributed by atoms with Crippen molar-refractivity contribution in [2.45, 2.75) is 52.9 Å². The van der Waals surface area contributed by atoms with Gasteiger partial charge in [-0.05, 0) is 61.1 Å². The van der Waals surface area contributed by atoms with Crippen LogP contribution in [0.3, 0.4) is 0 Å². The summed E-state index contributed by atoms with van der Waals surface area (Å²) in [5, 5.41) is 0. The Kier molecular flexibility index (Phi) is 4.45. The highest BCUT2D eigenvalue weighted by Gasteiger charge is 2.44. The zero-order valence-electron chi connectivity index (χ0n) is 17.0. The molecule has 28 heavy (non-hydrogen) atoms. The molecule has 4 heteroatoms. The summed E-state index contributed by atoms with van der Waals surface area (Å²) >= 11 is 0. The number of anilines is 1. The predicted molar refractivity (Wildman–Crippen MR) is 110 cm³/mol. The van der Waals surface area contributed by atoms with E-state index in [2.05, 4.69) is 24.9 Å². The van der Waals surface area contributed by atoms with E-state index in [1.165, 1.54) is 0 Å². The van der Waals surface area contributed by atoms with E-state index in [1.54, 1.807) is 11.1 Å². The zero-order valence-corrected chi connectivity index (χ0v) is 17.0. The third-order valence-corrected chi connectivity index (χ3v) is 5.65. The molecule has 2 heterocycles. The number of allylic oxidation sites excluding steroid dienone is 2. The second-order valence-electron chi connectivity index (χ2n) is 8.89. The lowest BCUT2D eigenvalue weighted by Crippen LogP contribution is -2.44. The van der Waals surface area contributed by atoms with Crippen molar-refractivity contribution < 1.29 is 9.59 Å². The average molecular weight is 374 g/mol. The van der Waals surface area contributed by atoms with E-state index in [4.69, 9.17) is 0 Å². The molecule has 0 spiro atoms. The molecule has 1 aliphatic carbocycles. The van der Waals surface area contributed by atoms with Crippen LogP contribution < -0.4 is 4.90 Å². The fraction of sp³-hybridized carbons (Fsp3) is 0.375. The predicted octanol–water partition coefficient (Wildman–Crippen LogP) is 4.86. The third-order valence-electron chi connectivity index (χ3n) is 5.65. The summed E-state index contributed by atoms with van der Waals surface area (Å²) in [5.74, 6) is -0.0804. The van der Waals surface area contributed by atoms with Crippen LogP contribution in [0.4, 0.5) is 5.69 Å². The van der Waals surface area contributed by atoms with Crippen LogP contribution in [0.15, 0.2) is 53.9 Å². The smallest absolute Gasteiger partial charge is 0.232 e. The van der Waals surface area contributed by atoms with Crippen molar-refractivity contribution >= 4 is 17.4 Å². The Hall–Kier alpha value is -2.75. The maximum Gasteiger partial charge on any atom is 0.232 e. The van der Waals surface area contributed by atoms with Crippen molar-refractivity contribution in [3.8, 4) is 0 Å². The number of pyridine rings is 1. The first kappa shape index (κ1) is 18.6. The van der Waals surface area contributed by atoms with Gasteiger partial charge in [-0.15, -0.1) is 0 Å². The molecule has 2 aliphatic rings. The number of Topliss-reactive ketones (excluding diaryl/α,β-unsaturated/α-hetero) is 1. The summed E-state index contributed by atoms with van der Waals surface area (Å²) < 4.78 is 0. The van der Waals surface area contributed by atoms with E-state index >= 15 is 0 Å². The molecule has 144 valence electrons. The van der Waals surface area contributed by atoms with E-state index in [0.717, 1.165) is 33.8 Å². The maximum atomic E-state index is 13.3. The fourth-order valence-electron chi connectivity index (χ4n) is 4.63. The molecule has 0 radical (unpaired) electrons. The number of aryl methyl sites for hydroxylation is 2. The van der Waals surface area contributed by atoms with Gasteiger partial charge in [0.15, 0.2) is 5.78 Å². The fourth-order valence-corrected chi connectivity index (χ4v) is 4.63. The van der Waals surface area contributed by atoms with E-state index < -0.39 is 0 Å². The van der Waals surface area contributed by atoms with Crippen LogP contribution in [0, 0.1) is 19.3 Å². The molecule has 0 bridgehead atoms. The lowest BCUT2D eigenvalue weighted by atomic mass is 9.70. The number of rotatable bonds is 2. The molecular formula is C24H26N2O2. The summed E-state index contributed by atoms with van der Waals surface area (Å²) in [4.78, 5) is 32.8. The van der Waals surface area contributed by atoms with Crippen LogP contribution >= 0.6 is 0 Å². The van der Waals surface area contributed by atoms with E-state index in [-0.39, 0.29) is 29.4 Å². The lowest BCUT2D eigenvalue weighted by Gasteiger charge is -2.42. The van der Waals surface area contributed by atoms with Crippen molar-refractivity contribution in [2.75, 3.05) is 4.90 Å². The topological polar surface area (TPSA) is 50.3 Å². The molecular weight excluding hydrogens is 348 g/mol. The van der Waals surface area contributed by atoms with E-state index in [0.29, 0.717) is 12.8 Å². The molecule has 2 aromatic rings. The van der Waals surface area contributed by atoms with Gasteiger partial charge < -0.3 is 0 Å². The molecule has 1 unspecified atom stereocenters. The summed E-state index contributed by atoms with van der Waals surface area (Å²) in [5.41, 5.74) is 5.35. The highest BCUT2D eigenvalue weighted by atomic mass is 16.2. The van der Waals surface area contributed by atoms with Crippen LogP contribution in [0.1, 0.15) is 55.8 Å². The van der Waals surface area contributed by atoms with Crippen LogP contribution in [-0.4, -0.2) is 16.7 Å². The molecule has 4 rings (SSSR count). The SMILES string of the molecule is Cc1cc(C)cc(N2C(=O)CC(c3ccccn3)C3=C2CC(C)(C)CC3=O)c1. The number of amides is 1. The molecule has 0 saturated heterocycles. The van der Waals surface area contributed by atoms with Gasteiger partial charge in [-0.2, -0.15) is 0 Å². The molecule has 1 aromatic heterocycles. The van der Waals surface area contributed by atoms with Gasteiger partial charge in [0.1, 0.15) is 0 Å². The van der Waals surface area contributed by atoms with Crippen molar-refractivity contribution in [1.82, 2.24) is 4.98 Å². The monoisotopic (exact) mass is 374 g/mol. The number of aromatic nitrogens is 1. The van der Waals surface area contributed by atoms with Gasteiger partial charge in [-0.3, -0.25) is 19.5 Å². The van der Waals surface area contributed by atoms with Gasteiger partial charge >= 0.3 is 0 Å². The second kappa shape index (κ2) is 6.69. The number of carbonyl (C=O) groups is 2. The normalized spacial score (nSPS) is 21.7. The first-order valence-corrected chi connectivity index (χ1v) is 9.83. The minimum atomic E-state index is -0.255. The number of carbonyl (C=O) groups excluding carboxylic acids is 2. The van der Waals surface area contributed by atoms with Crippen LogP contribution in [0.25, 0.3) is 0 Å². The molecule has 1 aliphatic heterocycles. The van der Waals surface area contributed by atoms with Crippen LogP contribution in [0.2, 0.25) is 0 Å². The summed E-state index contributed by atoms with van der Waals surface area (Å²) in [6, 6.07) is 11.9. The van der Waals surface area contributed by atoms with Gasteiger partial charge in [0.25, 0.3) is 0 Å². The Balaban J connectivity index is 1.92. The number of hydrogen-bond donors (Lipinski definition) is 0. The number of ketones is 1. The van der Waals surface area contributed by atoms with Gasteiger partial charge in [0.05, 0.1) is 0 Å². The summed E-state index contributed by atoms with van der Waals surface area (Å²) in [6.45, 7) is 8.27. The Morgan fingerprint density at radius 3 is 2.39 bits per heavy atom. The Bertz CT molecular complexity index is 969. The van der Waals surface area contributed by atoms with Gasteiger partial charge in [0, 0.05) is 47.6 Å².